The molecule has 180 valence electrons. The van der Waals surface area contributed by atoms with Crippen LogP contribution >= 0.6 is 11.6 Å². The first-order valence-electron chi connectivity index (χ1n) is 10.0. The number of ether oxygens (including phenoxy) is 1. The molecule has 1 aliphatic heterocycles. The third-order valence-electron chi connectivity index (χ3n) is 5.35. The van der Waals surface area contributed by atoms with Gasteiger partial charge in [0.25, 0.3) is 10.0 Å². The van der Waals surface area contributed by atoms with Crippen LogP contribution in [0.25, 0.3) is 0 Å². The van der Waals surface area contributed by atoms with E-state index >= 15 is 0 Å². The minimum atomic E-state index is -4.72. The van der Waals surface area contributed by atoms with Crippen molar-refractivity contribution in [3.8, 4) is 5.75 Å². The van der Waals surface area contributed by atoms with Crippen molar-refractivity contribution in [2.75, 3.05) is 10.8 Å². The number of aliphatic hydroxyl groups is 1. The van der Waals surface area contributed by atoms with Gasteiger partial charge in [-0.3, -0.25) is 4.31 Å². The molecule has 0 spiro atoms. The lowest BCUT2D eigenvalue weighted by Crippen LogP contribution is -2.42. The van der Waals surface area contributed by atoms with Gasteiger partial charge in [0.15, 0.2) is 0 Å². The Labute approximate surface area is 198 Å². The Balaban J connectivity index is 1.69. The molecule has 0 fully saturated rings. The number of anilines is 1. The molecule has 11 heteroatoms. The van der Waals surface area contributed by atoms with Gasteiger partial charge in [-0.15, -0.1) is 0 Å². The van der Waals surface area contributed by atoms with Gasteiger partial charge in [0, 0.05) is 18.1 Å². The fraction of sp³-hybridized carbons (Fsp3) is 0.217. The van der Waals surface area contributed by atoms with Crippen molar-refractivity contribution in [2.45, 2.75) is 30.2 Å². The summed E-state index contributed by atoms with van der Waals surface area (Å²) in [6.45, 7) is -0.582. The quantitative estimate of drug-likeness (QED) is 0.475. The van der Waals surface area contributed by atoms with E-state index in [9.17, 15) is 31.1 Å². The number of nitrogens with zero attached hydrogens (tertiary/aromatic N) is 1. The third kappa shape index (κ3) is 4.84. The molecular weight excluding hydrogens is 498 g/mol. The molecule has 1 atom stereocenters. The second-order valence-corrected chi connectivity index (χ2v) is 9.97. The molecule has 0 amide bonds. The van der Waals surface area contributed by atoms with Crippen LogP contribution in [0.15, 0.2) is 65.6 Å². The molecule has 1 N–H and O–H groups in total. The Morgan fingerprint density at radius 3 is 2.53 bits per heavy atom. The molecule has 0 saturated heterocycles. The maximum atomic E-state index is 14.0. The van der Waals surface area contributed by atoms with Gasteiger partial charge >= 0.3 is 6.18 Å². The van der Waals surface area contributed by atoms with Gasteiger partial charge in [0.05, 0.1) is 33.8 Å². The molecule has 0 bridgehead atoms. The van der Waals surface area contributed by atoms with E-state index in [-0.39, 0.29) is 41.6 Å². The first kappa shape index (κ1) is 24.3. The smallest absolute Gasteiger partial charge is 0.416 e. The van der Waals surface area contributed by atoms with Gasteiger partial charge in [-0.2, -0.15) is 13.2 Å². The van der Waals surface area contributed by atoms with E-state index in [2.05, 4.69) is 0 Å². The van der Waals surface area contributed by atoms with Gasteiger partial charge in [-0.05, 0) is 42.0 Å². The SMILES string of the molecule is O=S(=O)(c1cccc(C(F)(F)F)c1)N1C[C@H](O)Cc2ccc(OCc3c(F)cccc3Cl)cc21. The standard InChI is InChI=1S/C23H18ClF4NO4S/c24-20-5-2-6-21(25)19(20)13-33-17-8-7-14-9-16(30)12-29(22(14)11-17)34(31,32)18-4-1-3-15(10-18)23(26,27)28/h1-8,10-11,16,30H,9,12-13H2/t16-/m1/s1. The van der Waals surface area contributed by atoms with Gasteiger partial charge in [0.1, 0.15) is 18.2 Å². The molecule has 3 aromatic rings. The fourth-order valence-electron chi connectivity index (χ4n) is 3.66. The molecule has 0 saturated carbocycles. The molecular formula is C23H18ClF4NO4S. The van der Waals surface area contributed by atoms with Crippen LogP contribution in [0.4, 0.5) is 23.2 Å². The van der Waals surface area contributed by atoms with Crippen LogP contribution in [0, 0.1) is 5.82 Å². The lowest BCUT2D eigenvalue weighted by atomic mass is 10.0. The normalized spacial score (nSPS) is 16.3. The lowest BCUT2D eigenvalue weighted by Gasteiger charge is -2.33. The number of rotatable bonds is 5. The summed E-state index contributed by atoms with van der Waals surface area (Å²) in [5, 5.41) is 10.4. The number of fused-ring (bicyclic) bond motifs is 1. The van der Waals surface area contributed by atoms with E-state index in [0.29, 0.717) is 11.6 Å². The number of β-amino-alcohol motifs (C(OH)–C–C–N with tert-alkyl or cyclic N) is 1. The highest BCUT2D eigenvalue weighted by Gasteiger charge is 2.36. The Hall–Kier alpha value is -2.82. The van der Waals surface area contributed by atoms with Crippen molar-refractivity contribution in [2.24, 2.45) is 0 Å². The fourth-order valence-corrected chi connectivity index (χ4v) is 5.46. The maximum Gasteiger partial charge on any atom is 0.416 e. The van der Waals surface area contributed by atoms with Gasteiger partial charge in [-0.1, -0.05) is 29.8 Å². The second-order valence-electron chi connectivity index (χ2n) is 7.70. The zero-order valence-corrected chi connectivity index (χ0v) is 19.0. The Morgan fingerprint density at radius 1 is 1.09 bits per heavy atom. The predicted octanol–water partition coefficient (Wildman–Crippen LogP) is 5.19. The first-order chi connectivity index (χ1) is 16.0. The van der Waals surface area contributed by atoms with Crippen LogP contribution in [-0.2, 0) is 29.2 Å². The summed E-state index contributed by atoms with van der Waals surface area (Å²) < 4.78 is 86.5. The average Bonchev–Trinajstić information content (AvgIpc) is 2.78. The van der Waals surface area contributed by atoms with Crippen molar-refractivity contribution >= 4 is 27.3 Å². The van der Waals surface area contributed by atoms with Gasteiger partial charge in [-0.25, -0.2) is 12.8 Å². The highest BCUT2D eigenvalue weighted by molar-refractivity contribution is 7.92. The highest BCUT2D eigenvalue weighted by atomic mass is 35.5. The zero-order valence-electron chi connectivity index (χ0n) is 17.4. The van der Waals surface area contributed by atoms with Crippen molar-refractivity contribution in [1.82, 2.24) is 0 Å². The number of hydrogen-bond donors (Lipinski definition) is 1. The van der Waals surface area contributed by atoms with E-state index in [4.69, 9.17) is 16.3 Å². The molecule has 5 nitrogen and oxygen atoms in total. The van der Waals surface area contributed by atoms with Crippen molar-refractivity contribution in [1.29, 1.82) is 0 Å². The Bertz CT molecular complexity index is 1310. The van der Waals surface area contributed by atoms with E-state index in [1.807, 2.05) is 0 Å². The van der Waals surface area contributed by atoms with Crippen LogP contribution in [0.1, 0.15) is 16.7 Å². The predicted molar refractivity (Wildman–Crippen MR) is 118 cm³/mol. The number of alkyl halides is 3. The molecule has 0 aliphatic carbocycles. The molecule has 1 heterocycles. The molecule has 0 radical (unpaired) electrons. The van der Waals surface area contributed by atoms with Crippen LogP contribution in [0.3, 0.4) is 0 Å². The minimum absolute atomic E-state index is 0.116. The summed E-state index contributed by atoms with van der Waals surface area (Å²) in [5.74, 6) is -0.374. The van der Waals surface area contributed by atoms with Crippen LogP contribution < -0.4 is 9.04 Å². The van der Waals surface area contributed by atoms with Gasteiger partial charge in [0.2, 0.25) is 0 Å². The number of benzene rings is 3. The molecule has 3 aromatic carbocycles. The summed E-state index contributed by atoms with van der Waals surface area (Å²) in [5.41, 5.74) is -0.374. The van der Waals surface area contributed by atoms with E-state index in [1.165, 1.54) is 30.3 Å². The summed E-state index contributed by atoms with van der Waals surface area (Å²) in [7, 11) is -4.45. The molecule has 34 heavy (non-hydrogen) atoms. The Morgan fingerprint density at radius 2 is 1.82 bits per heavy atom. The summed E-state index contributed by atoms with van der Waals surface area (Å²) in [4.78, 5) is -0.563. The van der Waals surface area contributed by atoms with E-state index in [1.54, 1.807) is 6.07 Å². The number of halogens is 5. The van der Waals surface area contributed by atoms with Crippen LogP contribution in [-0.4, -0.2) is 26.2 Å². The summed E-state index contributed by atoms with van der Waals surface area (Å²) >= 11 is 6.01. The maximum absolute atomic E-state index is 14.0. The highest BCUT2D eigenvalue weighted by Crippen LogP contribution is 2.37. The van der Waals surface area contributed by atoms with E-state index < -0.39 is 38.6 Å². The first-order valence-corrected chi connectivity index (χ1v) is 11.9. The van der Waals surface area contributed by atoms with Crippen molar-refractivity contribution in [3.63, 3.8) is 0 Å². The van der Waals surface area contributed by atoms with Gasteiger partial charge < -0.3 is 9.84 Å². The lowest BCUT2D eigenvalue weighted by molar-refractivity contribution is -0.137. The third-order valence-corrected chi connectivity index (χ3v) is 7.48. The summed E-state index contributed by atoms with van der Waals surface area (Å²) in [6, 6.07) is 12.0. The number of aliphatic hydroxyl groups excluding tert-OH is 1. The molecule has 0 aromatic heterocycles. The molecule has 1 aliphatic rings. The zero-order chi connectivity index (χ0) is 24.7. The molecule has 0 unspecified atom stereocenters. The topological polar surface area (TPSA) is 66.8 Å². The average molecular weight is 516 g/mol. The monoisotopic (exact) mass is 515 g/mol. The van der Waals surface area contributed by atoms with Crippen molar-refractivity contribution in [3.05, 3.63) is 88.2 Å². The molecule has 4 rings (SSSR count). The summed E-state index contributed by atoms with van der Waals surface area (Å²) in [6.07, 6.45) is -5.64. The number of hydrogen-bond acceptors (Lipinski definition) is 4. The van der Waals surface area contributed by atoms with Crippen LogP contribution in [0.5, 0.6) is 5.75 Å². The van der Waals surface area contributed by atoms with E-state index in [0.717, 1.165) is 22.5 Å². The minimum Gasteiger partial charge on any atom is -0.489 e. The second kappa shape index (κ2) is 9.09. The van der Waals surface area contributed by atoms with Crippen LogP contribution in [0.2, 0.25) is 5.02 Å². The number of sulfonamides is 1. The largest absolute Gasteiger partial charge is 0.489 e. The Kier molecular flexibility index (Phi) is 6.50. The van der Waals surface area contributed by atoms with Crippen molar-refractivity contribution < 1.29 is 35.8 Å².